The number of ether oxygens (including phenoxy) is 2. The van der Waals surface area contributed by atoms with Crippen molar-refractivity contribution in [2.75, 3.05) is 51.3 Å². The van der Waals surface area contributed by atoms with Gasteiger partial charge in [-0.05, 0) is 19.8 Å². The molecule has 0 saturated carbocycles. The molecule has 26 heavy (non-hydrogen) atoms. The fraction of sp³-hybridized carbons (Fsp3) is 0.611. The van der Waals surface area contributed by atoms with Gasteiger partial charge >= 0.3 is 0 Å². The summed E-state index contributed by atoms with van der Waals surface area (Å²) < 4.78 is 16.7. The van der Waals surface area contributed by atoms with Crippen molar-refractivity contribution in [3.63, 3.8) is 0 Å². The standard InChI is InChI=1S/C18H25N5O3/c1-13-11-16(26-22-13)14-12-20-18(21-17(14)15-3-2-8-25-15)19-4-5-23-6-9-24-10-7-23/h11-12,15H,2-10H2,1H3,(H,19,20,21)/t15-/m0/s1. The van der Waals surface area contributed by atoms with Crippen molar-refractivity contribution in [3.8, 4) is 11.3 Å². The van der Waals surface area contributed by atoms with Crippen LogP contribution in [0.1, 0.15) is 30.3 Å². The summed E-state index contributed by atoms with van der Waals surface area (Å²) in [4.78, 5) is 11.6. The molecule has 4 heterocycles. The van der Waals surface area contributed by atoms with Crippen molar-refractivity contribution < 1.29 is 14.0 Å². The number of rotatable bonds is 6. The second-order valence-corrected chi connectivity index (χ2v) is 6.71. The molecule has 0 aromatic carbocycles. The Kier molecular flexibility index (Phi) is 5.42. The maximum absolute atomic E-state index is 5.86. The smallest absolute Gasteiger partial charge is 0.223 e. The molecule has 2 saturated heterocycles. The van der Waals surface area contributed by atoms with Crippen molar-refractivity contribution in [2.45, 2.75) is 25.9 Å². The molecule has 0 aliphatic carbocycles. The minimum Gasteiger partial charge on any atom is -0.379 e. The van der Waals surface area contributed by atoms with Crippen LogP contribution in [0.4, 0.5) is 5.95 Å². The summed E-state index contributed by atoms with van der Waals surface area (Å²) in [6, 6.07) is 1.91. The van der Waals surface area contributed by atoms with E-state index in [2.05, 4.69) is 20.4 Å². The number of aryl methyl sites for hydroxylation is 1. The quantitative estimate of drug-likeness (QED) is 0.839. The topological polar surface area (TPSA) is 85.5 Å². The molecule has 8 heteroatoms. The Morgan fingerprint density at radius 1 is 1.27 bits per heavy atom. The van der Waals surface area contributed by atoms with Gasteiger partial charge in [-0.3, -0.25) is 4.90 Å². The summed E-state index contributed by atoms with van der Waals surface area (Å²) in [7, 11) is 0. The zero-order valence-electron chi connectivity index (χ0n) is 15.1. The third-order valence-electron chi connectivity index (χ3n) is 4.76. The summed E-state index contributed by atoms with van der Waals surface area (Å²) in [6.07, 6.45) is 3.80. The van der Waals surface area contributed by atoms with Gasteiger partial charge in [0.05, 0.1) is 30.2 Å². The summed E-state index contributed by atoms with van der Waals surface area (Å²) in [6.45, 7) is 8.00. The van der Waals surface area contributed by atoms with E-state index in [0.29, 0.717) is 11.7 Å². The number of morpholine rings is 1. The van der Waals surface area contributed by atoms with E-state index in [0.717, 1.165) is 75.8 Å². The van der Waals surface area contributed by atoms with Gasteiger partial charge in [-0.25, -0.2) is 9.97 Å². The Morgan fingerprint density at radius 2 is 2.15 bits per heavy atom. The lowest BCUT2D eigenvalue weighted by atomic mass is 10.1. The molecular weight excluding hydrogens is 334 g/mol. The van der Waals surface area contributed by atoms with E-state index >= 15 is 0 Å². The Labute approximate surface area is 152 Å². The number of aromatic nitrogens is 3. The number of hydrogen-bond acceptors (Lipinski definition) is 8. The second-order valence-electron chi connectivity index (χ2n) is 6.71. The Morgan fingerprint density at radius 3 is 2.88 bits per heavy atom. The van der Waals surface area contributed by atoms with Crippen LogP contribution in [0.15, 0.2) is 16.8 Å². The van der Waals surface area contributed by atoms with Crippen LogP contribution < -0.4 is 5.32 Å². The first kappa shape index (κ1) is 17.4. The lowest BCUT2D eigenvalue weighted by molar-refractivity contribution is 0.0398. The Balaban J connectivity index is 1.48. The third-order valence-corrected chi connectivity index (χ3v) is 4.76. The Hall–Kier alpha value is -2.03. The summed E-state index contributed by atoms with van der Waals surface area (Å²) in [5.74, 6) is 1.32. The van der Waals surface area contributed by atoms with E-state index in [4.69, 9.17) is 19.0 Å². The summed E-state index contributed by atoms with van der Waals surface area (Å²) in [5.41, 5.74) is 2.57. The van der Waals surface area contributed by atoms with Crippen LogP contribution in [-0.2, 0) is 9.47 Å². The average Bonchev–Trinajstić information content (AvgIpc) is 3.34. The van der Waals surface area contributed by atoms with E-state index in [9.17, 15) is 0 Å². The van der Waals surface area contributed by atoms with E-state index in [1.54, 1.807) is 6.20 Å². The first-order valence-electron chi connectivity index (χ1n) is 9.26. The van der Waals surface area contributed by atoms with Crippen LogP contribution in [0.2, 0.25) is 0 Å². The highest BCUT2D eigenvalue weighted by atomic mass is 16.5. The molecule has 2 aromatic heterocycles. The molecule has 4 rings (SSSR count). The molecule has 2 aliphatic heterocycles. The van der Waals surface area contributed by atoms with Crippen LogP contribution in [0.5, 0.6) is 0 Å². The van der Waals surface area contributed by atoms with Gasteiger partial charge in [-0.2, -0.15) is 0 Å². The minimum absolute atomic E-state index is 0.0156. The van der Waals surface area contributed by atoms with Gasteiger partial charge in [-0.1, -0.05) is 5.16 Å². The van der Waals surface area contributed by atoms with Gasteiger partial charge in [0.2, 0.25) is 5.95 Å². The van der Waals surface area contributed by atoms with Gasteiger partial charge in [0, 0.05) is 45.0 Å². The highest BCUT2D eigenvalue weighted by molar-refractivity contribution is 5.61. The van der Waals surface area contributed by atoms with Crippen molar-refractivity contribution in [3.05, 3.63) is 23.7 Å². The lowest BCUT2D eigenvalue weighted by Crippen LogP contribution is -2.39. The largest absolute Gasteiger partial charge is 0.379 e. The fourth-order valence-corrected chi connectivity index (χ4v) is 3.35. The first-order chi connectivity index (χ1) is 12.8. The molecule has 1 atom stereocenters. The number of anilines is 1. The van der Waals surface area contributed by atoms with Crippen molar-refractivity contribution in [1.29, 1.82) is 0 Å². The zero-order valence-corrected chi connectivity index (χ0v) is 15.1. The molecule has 2 fully saturated rings. The number of nitrogens with zero attached hydrogens (tertiary/aromatic N) is 4. The summed E-state index contributed by atoms with van der Waals surface area (Å²) in [5, 5.41) is 7.31. The van der Waals surface area contributed by atoms with Crippen molar-refractivity contribution in [1.82, 2.24) is 20.0 Å². The van der Waals surface area contributed by atoms with Gasteiger partial charge in [-0.15, -0.1) is 0 Å². The van der Waals surface area contributed by atoms with E-state index in [-0.39, 0.29) is 6.10 Å². The van der Waals surface area contributed by atoms with Crippen LogP contribution in [0.25, 0.3) is 11.3 Å². The monoisotopic (exact) mass is 359 g/mol. The average molecular weight is 359 g/mol. The highest BCUT2D eigenvalue weighted by Gasteiger charge is 2.25. The molecule has 2 aliphatic rings. The van der Waals surface area contributed by atoms with Gasteiger partial charge in [0.25, 0.3) is 0 Å². The molecule has 0 radical (unpaired) electrons. The van der Waals surface area contributed by atoms with E-state index in [1.807, 2.05) is 13.0 Å². The van der Waals surface area contributed by atoms with Crippen molar-refractivity contribution in [2.24, 2.45) is 0 Å². The van der Waals surface area contributed by atoms with Crippen LogP contribution >= 0.6 is 0 Å². The van der Waals surface area contributed by atoms with Crippen LogP contribution in [0.3, 0.4) is 0 Å². The third kappa shape index (κ3) is 4.03. The van der Waals surface area contributed by atoms with Crippen molar-refractivity contribution >= 4 is 5.95 Å². The molecule has 0 spiro atoms. The molecule has 140 valence electrons. The van der Waals surface area contributed by atoms with E-state index in [1.165, 1.54) is 0 Å². The molecule has 0 amide bonds. The van der Waals surface area contributed by atoms with Crippen LogP contribution in [0, 0.1) is 6.92 Å². The number of hydrogen-bond donors (Lipinski definition) is 1. The van der Waals surface area contributed by atoms with Gasteiger partial charge < -0.3 is 19.3 Å². The fourth-order valence-electron chi connectivity index (χ4n) is 3.35. The van der Waals surface area contributed by atoms with Crippen LogP contribution in [-0.4, -0.2) is 66.0 Å². The predicted octanol–water partition coefficient (Wildman–Crippen LogP) is 2.04. The summed E-state index contributed by atoms with van der Waals surface area (Å²) >= 11 is 0. The molecular formula is C18H25N5O3. The lowest BCUT2D eigenvalue weighted by Gasteiger charge is -2.26. The highest BCUT2D eigenvalue weighted by Crippen LogP contribution is 2.34. The van der Waals surface area contributed by atoms with Gasteiger partial charge in [0.15, 0.2) is 5.76 Å². The molecule has 0 unspecified atom stereocenters. The molecule has 2 aromatic rings. The second kappa shape index (κ2) is 8.11. The molecule has 8 nitrogen and oxygen atoms in total. The minimum atomic E-state index is -0.0156. The predicted molar refractivity (Wildman–Crippen MR) is 95.9 cm³/mol. The SMILES string of the molecule is Cc1cc(-c2cnc(NCCN3CCOCC3)nc2[C@@H]2CCCO2)on1. The number of nitrogens with one attached hydrogen (secondary N) is 1. The van der Waals surface area contributed by atoms with E-state index < -0.39 is 0 Å². The first-order valence-corrected chi connectivity index (χ1v) is 9.26. The molecule has 0 bridgehead atoms. The Bertz CT molecular complexity index is 723. The van der Waals surface area contributed by atoms with Gasteiger partial charge in [0.1, 0.15) is 6.10 Å². The zero-order chi connectivity index (χ0) is 17.8. The normalized spacial score (nSPS) is 21.2. The molecule has 1 N–H and O–H groups in total. The maximum atomic E-state index is 5.86. The maximum Gasteiger partial charge on any atom is 0.223 e.